The second-order valence-corrected chi connectivity index (χ2v) is 8.46. The third-order valence-electron chi connectivity index (χ3n) is 3.99. The van der Waals surface area contributed by atoms with E-state index in [0.717, 1.165) is 42.4 Å². The van der Waals surface area contributed by atoms with Crippen LogP contribution in [0.3, 0.4) is 0 Å². The highest BCUT2D eigenvalue weighted by molar-refractivity contribution is 7.90. The molecule has 0 atom stereocenters. The highest BCUT2D eigenvalue weighted by atomic mass is 32.2. The van der Waals surface area contributed by atoms with E-state index in [1.54, 1.807) is 25.3 Å². The van der Waals surface area contributed by atoms with Crippen molar-refractivity contribution in [3.05, 3.63) is 53.5 Å². The van der Waals surface area contributed by atoms with Crippen LogP contribution in [-0.2, 0) is 27.7 Å². The van der Waals surface area contributed by atoms with Gasteiger partial charge in [0.1, 0.15) is 12.4 Å². The van der Waals surface area contributed by atoms with Crippen molar-refractivity contribution < 1.29 is 17.6 Å². The molecule has 0 aliphatic heterocycles. The molecule has 1 heterocycles. The Kier molecular flexibility index (Phi) is 8.53. The summed E-state index contributed by atoms with van der Waals surface area (Å²) in [5.74, 6) is 1.54. The number of nitrogens with one attached hydrogen (secondary N) is 2. The zero-order valence-corrected chi connectivity index (χ0v) is 17.5. The third-order valence-corrected chi connectivity index (χ3v) is 5.24. The van der Waals surface area contributed by atoms with Gasteiger partial charge in [-0.2, -0.15) is 0 Å². The Balaban J connectivity index is 1.80. The minimum Gasteiger partial charge on any atom is -0.467 e. The van der Waals surface area contributed by atoms with Gasteiger partial charge < -0.3 is 19.8 Å². The second kappa shape index (κ2) is 10.9. The Bertz CT molecular complexity index is 862. The number of sulfone groups is 1. The first-order valence-corrected chi connectivity index (χ1v) is 11.2. The highest BCUT2D eigenvalue weighted by Crippen LogP contribution is 2.17. The lowest BCUT2D eigenvalue weighted by Gasteiger charge is -2.12. The summed E-state index contributed by atoms with van der Waals surface area (Å²) in [5, 5.41) is 6.48. The zero-order valence-electron chi connectivity index (χ0n) is 16.7. The maximum atomic E-state index is 11.7. The average Bonchev–Trinajstić information content (AvgIpc) is 3.15. The molecule has 2 rings (SSSR count). The smallest absolute Gasteiger partial charge is 0.191 e. The molecule has 0 spiro atoms. The molecule has 7 nitrogen and oxygen atoms in total. The molecule has 1 aromatic carbocycles. The van der Waals surface area contributed by atoms with E-state index in [-0.39, 0.29) is 0 Å². The Hall–Kier alpha value is -2.32. The van der Waals surface area contributed by atoms with E-state index in [1.807, 2.05) is 25.1 Å². The van der Waals surface area contributed by atoms with Gasteiger partial charge in [0.25, 0.3) is 0 Å². The van der Waals surface area contributed by atoms with Gasteiger partial charge in [-0.1, -0.05) is 12.1 Å². The molecule has 1 aromatic heterocycles. The van der Waals surface area contributed by atoms with Crippen LogP contribution in [-0.4, -0.2) is 40.3 Å². The van der Waals surface area contributed by atoms with Gasteiger partial charge in [0.15, 0.2) is 15.8 Å². The summed E-state index contributed by atoms with van der Waals surface area (Å²) in [4.78, 5) is 4.93. The van der Waals surface area contributed by atoms with Crippen LogP contribution in [0.15, 0.2) is 50.9 Å². The van der Waals surface area contributed by atoms with E-state index in [4.69, 9.17) is 9.15 Å². The van der Waals surface area contributed by atoms with Crippen LogP contribution in [0.4, 0.5) is 0 Å². The van der Waals surface area contributed by atoms with Crippen molar-refractivity contribution in [1.82, 2.24) is 10.6 Å². The normalized spacial score (nSPS) is 12.2. The first-order valence-electron chi connectivity index (χ1n) is 9.32. The predicted molar refractivity (Wildman–Crippen MR) is 110 cm³/mol. The molecule has 28 heavy (non-hydrogen) atoms. The van der Waals surface area contributed by atoms with Crippen LogP contribution >= 0.6 is 0 Å². The summed E-state index contributed by atoms with van der Waals surface area (Å²) in [5.41, 5.74) is 1.70. The van der Waals surface area contributed by atoms with Crippen LogP contribution in [0, 0.1) is 6.92 Å². The van der Waals surface area contributed by atoms with Gasteiger partial charge in [0, 0.05) is 26.0 Å². The number of rotatable bonds is 10. The van der Waals surface area contributed by atoms with E-state index in [0.29, 0.717) is 24.7 Å². The molecule has 0 aliphatic rings. The van der Waals surface area contributed by atoms with Gasteiger partial charge in [-0.25, -0.2) is 13.4 Å². The molecule has 0 bridgehead atoms. The summed E-state index contributed by atoms with van der Waals surface area (Å²) in [6.07, 6.45) is 3.70. The molecule has 2 N–H and O–H groups in total. The summed E-state index contributed by atoms with van der Waals surface area (Å²) in [7, 11) is -3.20. The lowest BCUT2D eigenvalue weighted by molar-refractivity contribution is 0.105. The SMILES string of the molecule is CCNC(=NCc1ccc(S(C)(=O)=O)c(C)c1)NCCCOCc1ccco1. The van der Waals surface area contributed by atoms with E-state index >= 15 is 0 Å². The van der Waals surface area contributed by atoms with Crippen LogP contribution in [0.2, 0.25) is 0 Å². The highest BCUT2D eigenvalue weighted by Gasteiger charge is 2.10. The van der Waals surface area contributed by atoms with Crippen molar-refractivity contribution in [2.45, 2.75) is 38.3 Å². The summed E-state index contributed by atoms with van der Waals surface area (Å²) in [6.45, 7) is 6.87. The number of ether oxygens (including phenoxy) is 1. The average molecular weight is 408 g/mol. The van der Waals surface area contributed by atoms with Crippen LogP contribution in [0.25, 0.3) is 0 Å². The molecule has 8 heteroatoms. The van der Waals surface area contributed by atoms with Crippen LogP contribution < -0.4 is 10.6 Å². The standard InChI is InChI=1S/C20H29N3O4S/c1-4-21-20(22-10-6-11-26-15-18-7-5-12-27-18)23-14-17-8-9-19(16(2)13-17)28(3,24)25/h5,7-9,12-13H,4,6,10-11,14-15H2,1-3H3,(H2,21,22,23). The van der Waals surface area contributed by atoms with Gasteiger partial charge in [-0.3, -0.25) is 0 Å². The Morgan fingerprint density at radius 3 is 2.71 bits per heavy atom. The number of guanidine groups is 1. The fourth-order valence-electron chi connectivity index (χ4n) is 2.69. The van der Waals surface area contributed by atoms with E-state index in [2.05, 4.69) is 15.6 Å². The first-order chi connectivity index (χ1) is 13.4. The van der Waals surface area contributed by atoms with E-state index < -0.39 is 9.84 Å². The monoisotopic (exact) mass is 407 g/mol. The van der Waals surface area contributed by atoms with Crippen molar-refractivity contribution in [1.29, 1.82) is 0 Å². The van der Waals surface area contributed by atoms with Crippen LogP contribution in [0.1, 0.15) is 30.2 Å². The predicted octanol–water partition coefficient (Wildman–Crippen LogP) is 2.65. The number of hydrogen-bond donors (Lipinski definition) is 2. The molecule has 0 fully saturated rings. The van der Waals surface area contributed by atoms with Crippen molar-refractivity contribution in [2.75, 3.05) is 26.0 Å². The maximum absolute atomic E-state index is 11.7. The van der Waals surface area contributed by atoms with Crippen LogP contribution in [0.5, 0.6) is 0 Å². The largest absolute Gasteiger partial charge is 0.467 e. The van der Waals surface area contributed by atoms with Crippen molar-refractivity contribution in [3.8, 4) is 0 Å². The lowest BCUT2D eigenvalue weighted by atomic mass is 10.1. The third kappa shape index (κ3) is 7.36. The summed E-state index contributed by atoms with van der Waals surface area (Å²) in [6, 6.07) is 9.05. The fraction of sp³-hybridized carbons (Fsp3) is 0.450. The molecule has 0 saturated heterocycles. The fourth-order valence-corrected chi connectivity index (χ4v) is 3.65. The lowest BCUT2D eigenvalue weighted by Crippen LogP contribution is -2.38. The number of furan rings is 1. The van der Waals surface area contributed by atoms with Crippen molar-refractivity contribution in [2.24, 2.45) is 4.99 Å². The van der Waals surface area contributed by atoms with Gasteiger partial charge >= 0.3 is 0 Å². The number of hydrogen-bond acceptors (Lipinski definition) is 5. The number of nitrogens with zero attached hydrogens (tertiary/aromatic N) is 1. The molecule has 0 unspecified atom stereocenters. The van der Waals surface area contributed by atoms with Crippen molar-refractivity contribution in [3.63, 3.8) is 0 Å². The molecule has 0 amide bonds. The molecule has 0 saturated carbocycles. The Labute approximate surface area is 167 Å². The molecule has 0 aliphatic carbocycles. The minimum atomic E-state index is -3.20. The molecular weight excluding hydrogens is 378 g/mol. The minimum absolute atomic E-state index is 0.361. The zero-order chi connectivity index (χ0) is 20.4. The Morgan fingerprint density at radius 2 is 2.07 bits per heavy atom. The number of benzene rings is 1. The molecular formula is C20H29N3O4S. The molecule has 0 radical (unpaired) electrons. The summed E-state index contributed by atoms with van der Waals surface area (Å²) >= 11 is 0. The van der Waals surface area contributed by atoms with E-state index in [9.17, 15) is 8.42 Å². The number of aliphatic imine (C=N–C) groups is 1. The molecule has 2 aromatic rings. The van der Waals surface area contributed by atoms with Gasteiger partial charge in [-0.15, -0.1) is 0 Å². The maximum Gasteiger partial charge on any atom is 0.191 e. The first kappa shape index (κ1) is 22.0. The summed E-state index contributed by atoms with van der Waals surface area (Å²) < 4.78 is 34.2. The van der Waals surface area contributed by atoms with E-state index in [1.165, 1.54) is 6.26 Å². The van der Waals surface area contributed by atoms with Gasteiger partial charge in [-0.05, 0) is 49.6 Å². The number of aryl methyl sites for hydroxylation is 1. The van der Waals surface area contributed by atoms with Crippen molar-refractivity contribution >= 4 is 15.8 Å². The quantitative estimate of drug-likeness (QED) is 0.357. The second-order valence-electron chi connectivity index (χ2n) is 6.48. The topological polar surface area (TPSA) is 92.9 Å². The van der Waals surface area contributed by atoms with Gasteiger partial charge in [0.05, 0.1) is 17.7 Å². The van der Waals surface area contributed by atoms with Gasteiger partial charge in [0.2, 0.25) is 0 Å². The Morgan fingerprint density at radius 1 is 1.25 bits per heavy atom. The molecule has 154 valence electrons.